The number of halogens is 1. The van der Waals surface area contributed by atoms with Crippen molar-refractivity contribution >= 4 is 27.3 Å². The second-order valence-electron chi connectivity index (χ2n) is 4.63. The molecule has 1 N–H and O–H groups in total. The molecule has 1 saturated carbocycles. The van der Waals surface area contributed by atoms with Crippen molar-refractivity contribution in [2.24, 2.45) is 0 Å². The number of nitro groups is 1. The Bertz CT molecular complexity index is 462. The summed E-state index contributed by atoms with van der Waals surface area (Å²) in [6.07, 6.45) is 5.68. The van der Waals surface area contributed by atoms with Crippen molar-refractivity contribution in [3.8, 4) is 0 Å². The Morgan fingerprint density at radius 3 is 2.74 bits per heavy atom. The predicted molar refractivity (Wildman–Crippen MR) is 75.3 cm³/mol. The number of methoxy groups -OCH3 is 1. The van der Waals surface area contributed by atoms with Crippen LogP contribution in [0.15, 0.2) is 16.9 Å². The number of ether oxygens (including phenoxy) is 1. The number of nitrogens with zero attached hydrogens (tertiary/aromatic N) is 2. The van der Waals surface area contributed by atoms with Gasteiger partial charge in [-0.3, -0.25) is 10.1 Å². The fraction of sp³-hybridized carbons (Fsp3) is 0.583. The molecule has 0 spiro atoms. The van der Waals surface area contributed by atoms with Crippen molar-refractivity contribution < 1.29 is 9.66 Å². The molecular formula is C12H16BrN3O3. The summed E-state index contributed by atoms with van der Waals surface area (Å²) < 4.78 is 5.78. The first-order valence-electron chi connectivity index (χ1n) is 6.19. The molecule has 0 radical (unpaired) electrons. The summed E-state index contributed by atoms with van der Waals surface area (Å²) in [6, 6.07) is 1.66. The molecule has 104 valence electrons. The van der Waals surface area contributed by atoms with Crippen molar-refractivity contribution in [3.63, 3.8) is 0 Å². The number of aromatic nitrogens is 1. The number of hydrogen-bond donors (Lipinski definition) is 1. The zero-order valence-corrected chi connectivity index (χ0v) is 12.2. The van der Waals surface area contributed by atoms with Gasteiger partial charge in [0.2, 0.25) is 0 Å². The largest absolute Gasteiger partial charge is 0.381 e. The van der Waals surface area contributed by atoms with Gasteiger partial charge >= 0.3 is 0 Å². The van der Waals surface area contributed by atoms with Gasteiger partial charge in [-0.25, -0.2) is 4.98 Å². The molecule has 0 bridgehead atoms. The Kier molecular flexibility index (Phi) is 4.71. The van der Waals surface area contributed by atoms with E-state index in [1.165, 1.54) is 12.3 Å². The summed E-state index contributed by atoms with van der Waals surface area (Å²) in [5, 5.41) is 14.2. The molecular weight excluding hydrogens is 314 g/mol. The smallest absolute Gasteiger partial charge is 0.296 e. The van der Waals surface area contributed by atoms with Gasteiger partial charge in [0.15, 0.2) is 0 Å². The lowest BCUT2D eigenvalue weighted by Gasteiger charge is -2.28. The van der Waals surface area contributed by atoms with Crippen LogP contribution in [-0.4, -0.2) is 29.2 Å². The number of anilines is 1. The summed E-state index contributed by atoms with van der Waals surface area (Å²) in [5.41, 5.74) is 0.532. The quantitative estimate of drug-likeness (QED) is 0.521. The lowest BCUT2D eigenvalue weighted by Crippen LogP contribution is -2.29. The van der Waals surface area contributed by atoms with Gasteiger partial charge in [0.05, 0.1) is 23.3 Å². The molecule has 2 rings (SSSR count). The number of nitrogens with one attached hydrogen (secondary N) is 1. The summed E-state index contributed by atoms with van der Waals surface area (Å²) in [6.45, 7) is 0. The van der Waals surface area contributed by atoms with E-state index < -0.39 is 4.92 Å². The lowest BCUT2D eigenvalue weighted by molar-refractivity contribution is -0.384. The van der Waals surface area contributed by atoms with Gasteiger partial charge in [-0.05, 0) is 41.6 Å². The minimum absolute atomic E-state index is 0.0516. The van der Waals surface area contributed by atoms with Gasteiger partial charge < -0.3 is 10.1 Å². The number of rotatable bonds is 4. The molecule has 1 heterocycles. The monoisotopic (exact) mass is 329 g/mol. The van der Waals surface area contributed by atoms with E-state index in [-0.39, 0.29) is 11.7 Å². The van der Waals surface area contributed by atoms with E-state index in [9.17, 15) is 10.1 Å². The number of hydrogen-bond acceptors (Lipinski definition) is 5. The fourth-order valence-electron chi connectivity index (χ4n) is 2.35. The van der Waals surface area contributed by atoms with Crippen molar-refractivity contribution in [3.05, 3.63) is 27.0 Å². The van der Waals surface area contributed by atoms with Gasteiger partial charge in [-0.1, -0.05) is 0 Å². The van der Waals surface area contributed by atoms with E-state index in [2.05, 4.69) is 26.2 Å². The van der Waals surface area contributed by atoms with Crippen LogP contribution in [0.4, 0.5) is 11.4 Å². The highest BCUT2D eigenvalue weighted by molar-refractivity contribution is 9.10. The Morgan fingerprint density at radius 2 is 2.16 bits per heavy atom. The van der Waals surface area contributed by atoms with Crippen LogP contribution in [0.1, 0.15) is 25.7 Å². The van der Waals surface area contributed by atoms with Crippen LogP contribution in [0.25, 0.3) is 0 Å². The predicted octanol–water partition coefficient (Wildman–Crippen LogP) is 3.12. The minimum Gasteiger partial charge on any atom is -0.381 e. The zero-order chi connectivity index (χ0) is 13.8. The minimum atomic E-state index is -0.393. The van der Waals surface area contributed by atoms with Crippen molar-refractivity contribution in [1.29, 1.82) is 0 Å². The Hall–Kier alpha value is -1.21. The molecule has 19 heavy (non-hydrogen) atoms. The van der Waals surface area contributed by atoms with Crippen LogP contribution < -0.4 is 5.32 Å². The van der Waals surface area contributed by atoms with E-state index in [0.717, 1.165) is 25.7 Å². The van der Waals surface area contributed by atoms with Crippen LogP contribution >= 0.6 is 15.9 Å². The van der Waals surface area contributed by atoms with Crippen LogP contribution in [0, 0.1) is 10.1 Å². The molecule has 1 aliphatic carbocycles. The van der Waals surface area contributed by atoms with Crippen LogP contribution in [-0.2, 0) is 4.74 Å². The average molecular weight is 330 g/mol. The molecule has 0 unspecified atom stereocenters. The normalized spacial score (nSPS) is 23.1. The van der Waals surface area contributed by atoms with Crippen LogP contribution in [0.3, 0.4) is 0 Å². The second-order valence-corrected chi connectivity index (χ2v) is 5.45. The molecule has 0 aromatic carbocycles. The molecule has 0 aliphatic heterocycles. The van der Waals surface area contributed by atoms with Crippen molar-refractivity contribution in [2.75, 3.05) is 12.4 Å². The summed E-state index contributed by atoms with van der Waals surface area (Å²) >= 11 is 3.15. The maximum absolute atomic E-state index is 11.0. The topological polar surface area (TPSA) is 77.3 Å². The van der Waals surface area contributed by atoms with Crippen molar-refractivity contribution in [2.45, 2.75) is 37.8 Å². The fourth-order valence-corrected chi connectivity index (χ4v) is 2.66. The zero-order valence-electron chi connectivity index (χ0n) is 10.6. The van der Waals surface area contributed by atoms with Crippen LogP contribution in [0.5, 0.6) is 0 Å². The third-order valence-electron chi connectivity index (χ3n) is 3.41. The highest BCUT2D eigenvalue weighted by Crippen LogP contribution is 2.30. The van der Waals surface area contributed by atoms with E-state index in [1.54, 1.807) is 7.11 Å². The standard InChI is InChI=1S/C12H16BrN3O3/c1-19-9-4-2-8(3-5-9)15-10-7-14-12(13)6-11(10)16(17)18/h6-9,15H,2-5H2,1H3. The average Bonchev–Trinajstić information content (AvgIpc) is 2.41. The summed E-state index contributed by atoms with van der Waals surface area (Å²) in [4.78, 5) is 14.7. The Labute approximate surface area is 119 Å². The third kappa shape index (κ3) is 3.63. The molecule has 0 amide bonds. The highest BCUT2D eigenvalue weighted by atomic mass is 79.9. The maximum atomic E-state index is 11.0. The van der Waals surface area contributed by atoms with Gasteiger partial charge in [0.1, 0.15) is 10.3 Å². The van der Waals surface area contributed by atoms with E-state index >= 15 is 0 Å². The maximum Gasteiger partial charge on any atom is 0.296 e. The highest BCUT2D eigenvalue weighted by Gasteiger charge is 2.23. The molecule has 7 heteroatoms. The summed E-state index contributed by atoms with van der Waals surface area (Å²) in [7, 11) is 1.72. The van der Waals surface area contributed by atoms with Gasteiger partial charge in [-0.15, -0.1) is 0 Å². The molecule has 1 aromatic rings. The third-order valence-corrected chi connectivity index (χ3v) is 3.85. The van der Waals surface area contributed by atoms with Gasteiger partial charge in [-0.2, -0.15) is 0 Å². The molecule has 6 nitrogen and oxygen atoms in total. The first kappa shape index (κ1) is 14.2. The van der Waals surface area contributed by atoms with E-state index in [4.69, 9.17) is 4.74 Å². The first-order chi connectivity index (χ1) is 9.10. The van der Waals surface area contributed by atoms with E-state index in [1.807, 2.05) is 0 Å². The molecule has 1 aliphatic rings. The van der Waals surface area contributed by atoms with Crippen LogP contribution in [0.2, 0.25) is 0 Å². The van der Waals surface area contributed by atoms with E-state index in [0.29, 0.717) is 16.4 Å². The molecule has 1 aromatic heterocycles. The lowest BCUT2D eigenvalue weighted by atomic mass is 9.93. The Balaban J connectivity index is 2.05. The first-order valence-corrected chi connectivity index (χ1v) is 6.98. The number of pyridine rings is 1. The Morgan fingerprint density at radius 1 is 1.47 bits per heavy atom. The molecule has 1 fully saturated rings. The summed E-state index contributed by atoms with van der Waals surface area (Å²) in [5.74, 6) is 0. The van der Waals surface area contributed by atoms with Crippen molar-refractivity contribution in [1.82, 2.24) is 4.98 Å². The second kappa shape index (κ2) is 6.29. The molecule has 0 atom stereocenters. The van der Waals surface area contributed by atoms with Gasteiger partial charge in [0, 0.05) is 13.2 Å². The van der Waals surface area contributed by atoms with Gasteiger partial charge in [0.25, 0.3) is 5.69 Å². The molecule has 0 saturated heterocycles. The SMILES string of the molecule is COC1CCC(Nc2cnc(Br)cc2[N+](=O)[O-])CC1.